The van der Waals surface area contributed by atoms with Crippen LogP contribution in [0.3, 0.4) is 0 Å². The van der Waals surface area contributed by atoms with E-state index >= 15 is 0 Å². The van der Waals surface area contributed by atoms with E-state index in [1.54, 1.807) is 0 Å². The maximum atomic E-state index is 2.72. The molecule has 16 heavy (non-hydrogen) atoms. The fourth-order valence-electron chi connectivity index (χ4n) is 3.56. The molecule has 2 aliphatic rings. The van der Waals surface area contributed by atoms with Gasteiger partial charge in [-0.15, -0.1) is 0 Å². The lowest BCUT2D eigenvalue weighted by Gasteiger charge is -2.42. The van der Waals surface area contributed by atoms with Crippen LogP contribution < -0.4 is 0 Å². The molecule has 0 aromatic carbocycles. The molecule has 1 heteroatoms. The minimum atomic E-state index is 0.525. The predicted octanol–water partition coefficient (Wildman–Crippen LogP) is 3.79. The highest BCUT2D eigenvalue weighted by Crippen LogP contribution is 2.37. The quantitative estimate of drug-likeness (QED) is 0.688. The summed E-state index contributed by atoms with van der Waals surface area (Å²) in [5.74, 6) is 2.99. The zero-order valence-electron chi connectivity index (χ0n) is 11.6. The van der Waals surface area contributed by atoms with Gasteiger partial charge in [-0.05, 0) is 61.9 Å². The third kappa shape index (κ3) is 3.00. The Balaban J connectivity index is 1.69. The third-order valence-corrected chi connectivity index (χ3v) is 4.80. The van der Waals surface area contributed by atoms with Crippen molar-refractivity contribution >= 4 is 0 Å². The second kappa shape index (κ2) is 4.68. The van der Waals surface area contributed by atoms with Gasteiger partial charge in [0, 0.05) is 6.54 Å². The maximum absolute atomic E-state index is 2.72. The van der Waals surface area contributed by atoms with Crippen molar-refractivity contribution in [3.05, 3.63) is 0 Å². The van der Waals surface area contributed by atoms with Gasteiger partial charge in [0.1, 0.15) is 0 Å². The third-order valence-electron chi connectivity index (χ3n) is 4.80. The molecule has 2 fully saturated rings. The van der Waals surface area contributed by atoms with E-state index in [1.807, 2.05) is 0 Å². The number of likely N-dealkylation sites (tertiary alicyclic amines) is 1. The molecule has 0 atom stereocenters. The Kier molecular flexibility index (Phi) is 3.63. The van der Waals surface area contributed by atoms with Crippen molar-refractivity contribution < 1.29 is 0 Å². The highest BCUT2D eigenvalue weighted by Gasteiger charge is 2.31. The Hall–Kier alpha value is -0.0400. The molecule has 1 aliphatic carbocycles. The summed E-state index contributed by atoms with van der Waals surface area (Å²) in [5.41, 5.74) is 0.525. The van der Waals surface area contributed by atoms with E-state index in [2.05, 4.69) is 32.6 Å². The molecule has 0 bridgehead atoms. The number of hydrogen-bond acceptors (Lipinski definition) is 1. The van der Waals surface area contributed by atoms with E-state index in [-0.39, 0.29) is 0 Å². The lowest BCUT2D eigenvalue weighted by Crippen LogP contribution is -2.42. The average molecular weight is 223 g/mol. The van der Waals surface area contributed by atoms with E-state index in [4.69, 9.17) is 0 Å². The molecule has 94 valence electrons. The summed E-state index contributed by atoms with van der Waals surface area (Å²) in [4.78, 5) is 2.72. The van der Waals surface area contributed by atoms with Gasteiger partial charge in [0.15, 0.2) is 0 Å². The number of hydrogen-bond donors (Lipinski definition) is 0. The van der Waals surface area contributed by atoms with Crippen molar-refractivity contribution in [3.63, 3.8) is 0 Å². The van der Waals surface area contributed by atoms with E-state index in [1.165, 1.54) is 45.3 Å². The second-order valence-corrected chi connectivity index (χ2v) is 7.38. The molecule has 2 rings (SSSR count). The van der Waals surface area contributed by atoms with E-state index in [9.17, 15) is 0 Å². The first-order valence-corrected chi connectivity index (χ1v) is 7.17. The van der Waals surface area contributed by atoms with Crippen LogP contribution in [0, 0.1) is 23.2 Å². The number of rotatable bonds is 2. The fourth-order valence-corrected chi connectivity index (χ4v) is 3.56. The van der Waals surface area contributed by atoms with Crippen LogP contribution in [-0.2, 0) is 0 Å². The van der Waals surface area contributed by atoms with Crippen molar-refractivity contribution in [2.75, 3.05) is 19.6 Å². The lowest BCUT2D eigenvalue weighted by molar-refractivity contribution is 0.0743. The van der Waals surface area contributed by atoms with Gasteiger partial charge < -0.3 is 4.90 Å². The Morgan fingerprint density at radius 3 is 2.06 bits per heavy atom. The zero-order chi connectivity index (χ0) is 11.8. The van der Waals surface area contributed by atoms with E-state index in [0.29, 0.717) is 5.41 Å². The van der Waals surface area contributed by atoms with Crippen molar-refractivity contribution in [2.45, 2.75) is 53.4 Å². The van der Waals surface area contributed by atoms with Gasteiger partial charge in [0.05, 0.1) is 0 Å². The zero-order valence-corrected chi connectivity index (χ0v) is 11.6. The van der Waals surface area contributed by atoms with Gasteiger partial charge in [0.2, 0.25) is 0 Å². The van der Waals surface area contributed by atoms with E-state index in [0.717, 1.165) is 17.8 Å². The first-order valence-electron chi connectivity index (χ1n) is 7.17. The molecule has 1 saturated heterocycles. The van der Waals surface area contributed by atoms with Gasteiger partial charge in [-0.1, -0.05) is 27.7 Å². The Labute approximate surface area is 102 Å². The summed E-state index contributed by atoms with van der Waals surface area (Å²) in [5, 5.41) is 0. The van der Waals surface area contributed by atoms with Gasteiger partial charge >= 0.3 is 0 Å². The molecule has 1 saturated carbocycles. The Morgan fingerprint density at radius 1 is 1.06 bits per heavy atom. The van der Waals surface area contributed by atoms with Crippen LogP contribution in [0.15, 0.2) is 0 Å². The molecule has 0 amide bonds. The minimum Gasteiger partial charge on any atom is -0.303 e. The number of nitrogens with zero attached hydrogens (tertiary/aromatic N) is 1. The van der Waals surface area contributed by atoms with Crippen molar-refractivity contribution in [3.8, 4) is 0 Å². The normalized spacial score (nSPS) is 33.8. The first kappa shape index (κ1) is 12.4. The topological polar surface area (TPSA) is 3.24 Å². The largest absolute Gasteiger partial charge is 0.303 e. The summed E-state index contributed by atoms with van der Waals surface area (Å²) in [6, 6.07) is 0. The monoisotopic (exact) mass is 223 g/mol. The van der Waals surface area contributed by atoms with Crippen LogP contribution >= 0.6 is 0 Å². The highest BCUT2D eigenvalue weighted by molar-refractivity contribution is 4.84. The van der Waals surface area contributed by atoms with E-state index < -0.39 is 0 Å². The molecule has 1 aliphatic heterocycles. The van der Waals surface area contributed by atoms with Crippen LogP contribution in [-0.4, -0.2) is 24.5 Å². The average Bonchev–Trinajstić information content (AvgIpc) is 2.15. The molecule has 0 unspecified atom stereocenters. The van der Waals surface area contributed by atoms with Crippen molar-refractivity contribution in [1.82, 2.24) is 4.90 Å². The number of piperidine rings is 1. The molecule has 0 aromatic rings. The Morgan fingerprint density at radius 2 is 1.62 bits per heavy atom. The SMILES string of the molecule is CC1CC(CN2CCC(C(C)(C)C)CC2)C1. The van der Waals surface area contributed by atoms with Crippen molar-refractivity contribution in [2.24, 2.45) is 23.2 Å². The summed E-state index contributed by atoms with van der Waals surface area (Å²) in [6.07, 6.45) is 5.82. The summed E-state index contributed by atoms with van der Waals surface area (Å²) in [6.45, 7) is 13.7. The van der Waals surface area contributed by atoms with Crippen LogP contribution in [0.1, 0.15) is 53.4 Å². The van der Waals surface area contributed by atoms with Crippen LogP contribution in [0.5, 0.6) is 0 Å². The highest BCUT2D eigenvalue weighted by atomic mass is 15.1. The van der Waals surface area contributed by atoms with Gasteiger partial charge in [-0.3, -0.25) is 0 Å². The van der Waals surface area contributed by atoms with Crippen LogP contribution in [0.25, 0.3) is 0 Å². The minimum absolute atomic E-state index is 0.525. The standard InChI is InChI=1S/C15H29N/c1-12-9-13(10-12)11-16-7-5-14(6-8-16)15(2,3)4/h12-14H,5-11H2,1-4H3. The Bertz CT molecular complexity index is 214. The first-order chi connectivity index (χ1) is 7.45. The van der Waals surface area contributed by atoms with Gasteiger partial charge in [-0.25, -0.2) is 0 Å². The summed E-state index contributed by atoms with van der Waals surface area (Å²) < 4.78 is 0. The molecule has 1 heterocycles. The molecule has 0 spiro atoms. The predicted molar refractivity (Wildman–Crippen MR) is 70.5 cm³/mol. The van der Waals surface area contributed by atoms with Gasteiger partial charge in [0.25, 0.3) is 0 Å². The second-order valence-electron chi connectivity index (χ2n) is 7.38. The van der Waals surface area contributed by atoms with Gasteiger partial charge in [-0.2, -0.15) is 0 Å². The molecular weight excluding hydrogens is 194 g/mol. The molecule has 0 N–H and O–H groups in total. The fraction of sp³-hybridized carbons (Fsp3) is 1.00. The van der Waals surface area contributed by atoms with Crippen LogP contribution in [0.4, 0.5) is 0 Å². The summed E-state index contributed by atoms with van der Waals surface area (Å²) in [7, 11) is 0. The summed E-state index contributed by atoms with van der Waals surface area (Å²) >= 11 is 0. The van der Waals surface area contributed by atoms with Crippen molar-refractivity contribution in [1.29, 1.82) is 0 Å². The molecule has 0 radical (unpaired) electrons. The smallest absolute Gasteiger partial charge is 0.000986 e. The van der Waals surface area contributed by atoms with Crippen LogP contribution in [0.2, 0.25) is 0 Å². The molecular formula is C15H29N. The molecule has 1 nitrogen and oxygen atoms in total. The lowest BCUT2D eigenvalue weighted by atomic mass is 9.73. The maximum Gasteiger partial charge on any atom is 0.000986 e. The molecule has 0 aromatic heterocycles.